The van der Waals surface area contributed by atoms with Crippen molar-refractivity contribution in [1.29, 1.82) is 0 Å². The van der Waals surface area contributed by atoms with E-state index in [0.717, 1.165) is 6.07 Å². The number of benzene rings is 2. The van der Waals surface area contributed by atoms with Crippen LogP contribution in [0.2, 0.25) is 5.02 Å². The van der Waals surface area contributed by atoms with E-state index in [1.54, 1.807) is 24.3 Å². The Labute approximate surface area is 224 Å². The van der Waals surface area contributed by atoms with Crippen molar-refractivity contribution >= 4 is 50.9 Å². The molecule has 4 rings (SSSR count). The molecular formula is C26H26ClFN4O5S. The Morgan fingerprint density at radius 1 is 1.03 bits per heavy atom. The monoisotopic (exact) mass is 560 g/mol. The summed E-state index contributed by atoms with van der Waals surface area (Å²) in [6.07, 6.45) is 1.76. The van der Waals surface area contributed by atoms with Crippen LogP contribution in [0.1, 0.15) is 22.3 Å². The molecule has 12 heteroatoms. The predicted octanol–water partition coefficient (Wildman–Crippen LogP) is 2.42. The van der Waals surface area contributed by atoms with E-state index in [2.05, 4.69) is 15.6 Å². The molecule has 1 fully saturated rings. The van der Waals surface area contributed by atoms with E-state index >= 15 is 0 Å². The number of carbonyl (C=O) groups is 3. The summed E-state index contributed by atoms with van der Waals surface area (Å²) in [5.74, 6) is -1.49. The number of nitrogens with zero attached hydrogens (tertiary/aromatic N) is 2. The van der Waals surface area contributed by atoms with Crippen LogP contribution in [-0.2, 0) is 25.8 Å². The lowest BCUT2D eigenvalue weighted by atomic mass is 10.0. The third kappa shape index (κ3) is 7.12. The summed E-state index contributed by atoms with van der Waals surface area (Å²) in [4.78, 5) is 44.0. The second-order valence-electron chi connectivity index (χ2n) is 8.97. The first-order valence-corrected chi connectivity index (χ1v) is 14.2. The molecule has 0 saturated carbocycles. The first-order chi connectivity index (χ1) is 18.1. The number of rotatable bonds is 9. The largest absolute Gasteiger partial charge is 0.349 e. The summed E-state index contributed by atoms with van der Waals surface area (Å²) in [7, 11) is -2.97. The van der Waals surface area contributed by atoms with Crippen LogP contribution < -0.4 is 10.6 Å². The molecule has 0 bridgehead atoms. The quantitative estimate of drug-likeness (QED) is 0.454. The number of aliphatic imine (C=N–C) groups is 1. The van der Waals surface area contributed by atoms with E-state index < -0.39 is 27.5 Å². The minimum Gasteiger partial charge on any atom is -0.349 e. The van der Waals surface area contributed by atoms with Crippen molar-refractivity contribution in [2.75, 3.05) is 43.0 Å². The summed E-state index contributed by atoms with van der Waals surface area (Å²) in [5.41, 5.74) is 1.67. The van der Waals surface area contributed by atoms with E-state index in [1.807, 2.05) is 4.90 Å². The lowest BCUT2D eigenvalue weighted by molar-refractivity contribution is -0.118. The van der Waals surface area contributed by atoms with E-state index in [9.17, 15) is 27.2 Å². The normalized spacial score (nSPS) is 16.9. The molecule has 2 aliphatic rings. The van der Waals surface area contributed by atoms with Gasteiger partial charge < -0.3 is 10.6 Å². The molecular weight excluding hydrogens is 535 g/mol. The Hall–Kier alpha value is -3.41. The molecule has 0 aromatic heterocycles. The summed E-state index contributed by atoms with van der Waals surface area (Å²) in [6, 6.07) is 10.3. The lowest BCUT2D eigenvalue weighted by Gasteiger charge is -2.26. The van der Waals surface area contributed by atoms with Crippen LogP contribution in [0.5, 0.6) is 0 Å². The third-order valence-electron chi connectivity index (χ3n) is 6.25. The van der Waals surface area contributed by atoms with Crippen molar-refractivity contribution in [2.45, 2.75) is 12.8 Å². The average molecular weight is 561 g/mol. The molecule has 0 unspecified atom stereocenters. The predicted molar refractivity (Wildman–Crippen MR) is 143 cm³/mol. The van der Waals surface area contributed by atoms with Gasteiger partial charge in [-0.15, -0.1) is 0 Å². The fourth-order valence-corrected chi connectivity index (χ4v) is 5.64. The molecule has 2 heterocycles. The molecule has 200 valence electrons. The van der Waals surface area contributed by atoms with Gasteiger partial charge in [0.1, 0.15) is 11.5 Å². The number of amides is 2. The van der Waals surface area contributed by atoms with Crippen molar-refractivity contribution in [3.05, 3.63) is 75.7 Å². The second-order valence-corrected chi connectivity index (χ2v) is 11.7. The van der Waals surface area contributed by atoms with E-state index in [-0.39, 0.29) is 52.0 Å². The molecule has 38 heavy (non-hydrogen) atoms. The molecule has 0 radical (unpaired) electrons. The van der Waals surface area contributed by atoms with Crippen molar-refractivity contribution in [1.82, 2.24) is 10.2 Å². The Bertz CT molecular complexity index is 1410. The van der Waals surface area contributed by atoms with Gasteiger partial charge in [0.25, 0.3) is 11.8 Å². The van der Waals surface area contributed by atoms with Gasteiger partial charge >= 0.3 is 0 Å². The molecule has 0 atom stereocenters. The standard InChI is InChI=1S/C26H26ClFN4O5S/c27-22-16-18(28)3-6-20(22)23(33)15-17-1-4-19(5-2-17)31-25(34)21-7-8-29-24(21)26(35)30-9-10-32-11-13-38(36,37)14-12-32/h1-6,8,16H,7,9-15H2,(H,30,35)(H,31,34). The summed E-state index contributed by atoms with van der Waals surface area (Å²) < 4.78 is 36.3. The first kappa shape index (κ1) is 27.6. The number of hydrogen-bond acceptors (Lipinski definition) is 7. The van der Waals surface area contributed by atoms with Gasteiger partial charge in [0, 0.05) is 56.5 Å². The van der Waals surface area contributed by atoms with Crippen LogP contribution in [0.4, 0.5) is 10.1 Å². The molecule has 2 aromatic carbocycles. The summed E-state index contributed by atoms with van der Waals surface area (Å²) in [5, 5.41) is 5.53. The molecule has 0 aliphatic carbocycles. The molecule has 9 nitrogen and oxygen atoms in total. The van der Waals surface area contributed by atoms with Crippen molar-refractivity contribution in [2.24, 2.45) is 4.99 Å². The van der Waals surface area contributed by atoms with E-state index in [0.29, 0.717) is 37.4 Å². The zero-order valence-electron chi connectivity index (χ0n) is 20.4. The number of nitrogens with one attached hydrogen (secondary N) is 2. The van der Waals surface area contributed by atoms with Gasteiger partial charge in [-0.25, -0.2) is 12.8 Å². The van der Waals surface area contributed by atoms with Gasteiger partial charge in [0.15, 0.2) is 15.6 Å². The van der Waals surface area contributed by atoms with Gasteiger partial charge in [0.05, 0.1) is 22.1 Å². The smallest absolute Gasteiger partial charge is 0.270 e. The minimum atomic E-state index is -2.97. The molecule has 2 aromatic rings. The Morgan fingerprint density at radius 3 is 2.42 bits per heavy atom. The highest BCUT2D eigenvalue weighted by atomic mass is 35.5. The summed E-state index contributed by atoms with van der Waals surface area (Å²) >= 11 is 5.97. The SMILES string of the molecule is O=C(Nc1ccc(CC(=O)c2ccc(F)cc2Cl)cc1)C1=C(C(=O)NCCN2CCS(=O)(=O)CC2)N=CC1. The molecule has 0 spiro atoms. The van der Waals surface area contributed by atoms with Crippen LogP contribution in [0.25, 0.3) is 0 Å². The minimum absolute atomic E-state index is 0.0436. The number of carbonyl (C=O) groups excluding carboxylic acids is 3. The van der Waals surface area contributed by atoms with E-state index in [4.69, 9.17) is 11.6 Å². The highest BCUT2D eigenvalue weighted by Crippen LogP contribution is 2.21. The van der Waals surface area contributed by atoms with Crippen molar-refractivity contribution < 1.29 is 27.2 Å². The van der Waals surface area contributed by atoms with Gasteiger partial charge in [-0.3, -0.25) is 24.3 Å². The molecule has 1 saturated heterocycles. The Morgan fingerprint density at radius 2 is 1.74 bits per heavy atom. The molecule has 2 aliphatic heterocycles. The number of hydrogen-bond donors (Lipinski definition) is 2. The van der Waals surface area contributed by atoms with E-state index in [1.165, 1.54) is 18.3 Å². The number of ketones is 1. The number of halogens is 2. The Kier molecular flexibility index (Phi) is 8.70. The van der Waals surface area contributed by atoms with Gasteiger partial charge in [-0.2, -0.15) is 0 Å². The van der Waals surface area contributed by atoms with Gasteiger partial charge in [-0.1, -0.05) is 23.7 Å². The topological polar surface area (TPSA) is 125 Å². The van der Waals surface area contributed by atoms with Gasteiger partial charge in [-0.05, 0) is 35.9 Å². The fourth-order valence-electron chi connectivity index (χ4n) is 4.09. The molecule has 2 amide bonds. The zero-order chi connectivity index (χ0) is 27.3. The van der Waals surface area contributed by atoms with Crippen LogP contribution in [-0.4, -0.2) is 74.8 Å². The number of anilines is 1. The maximum Gasteiger partial charge on any atom is 0.270 e. The maximum atomic E-state index is 13.2. The molecule has 2 N–H and O–H groups in total. The highest BCUT2D eigenvalue weighted by Gasteiger charge is 2.25. The second kappa shape index (κ2) is 12.0. The lowest BCUT2D eigenvalue weighted by Crippen LogP contribution is -2.44. The van der Waals surface area contributed by atoms with Crippen molar-refractivity contribution in [3.8, 4) is 0 Å². The van der Waals surface area contributed by atoms with Crippen LogP contribution in [0.15, 0.2) is 58.7 Å². The fraction of sp³-hybridized carbons (Fsp3) is 0.308. The summed E-state index contributed by atoms with van der Waals surface area (Å²) in [6.45, 7) is 1.66. The van der Waals surface area contributed by atoms with Crippen molar-refractivity contribution in [3.63, 3.8) is 0 Å². The van der Waals surface area contributed by atoms with Crippen LogP contribution in [0.3, 0.4) is 0 Å². The zero-order valence-corrected chi connectivity index (χ0v) is 21.9. The van der Waals surface area contributed by atoms with Crippen LogP contribution >= 0.6 is 11.6 Å². The number of Topliss-reactive ketones (excluding diaryl/α,β-unsaturated/α-hetero) is 1. The number of sulfone groups is 1. The van der Waals surface area contributed by atoms with Gasteiger partial charge in [0.2, 0.25) is 0 Å². The third-order valence-corrected chi connectivity index (χ3v) is 8.17. The Balaban J connectivity index is 1.30. The maximum absolute atomic E-state index is 13.2. The first-order valence-electron chi connectivity index (χ1n) is 12.0. The average Bonchev–Trinajstić information content (AvgIpc) is 3.36. The highest BCUT2D eigenvalue weighted by molar-refractivity contribution is 7.91. The van der Waals surface area contributed by atoms with Crippen LogP contribution in [0, 0.1) is 5.82 Å².